The summed E-state index contributed by atoms with van der Waals surface area (Å²) in [6.45, 7) is 11.2. The number of nitrogens with one attached hydrogen (secondary N) is 1. The van der Waals surface area contributed by atoms with Crippen molar-refractivity contribution < 1.29 is 113 Å². The molecule has 57 heavy (non-hydrogen) atoms. The Kier molecular flexibility index (Phi) is 27.6. The zero-order valence-corrected chi connectivity index (χ0v) is 34.5. The molecule has 0 aliphatic carbocycles. The molecular formula is C29H56NO24S3-5. The lowest BCUT2D eigenvalue weighted by Crippen LogP contribution is -2.53. The predicted molar refractivity (Wildman–Crippen MR) is 184 cm³/mol. The molecule has 0 bridgehead atoms. The van der Waals surface area contributed by atoms with Gasteiger partial charge in [0.2, 0.25) is 20.8 Å². The van der Waals surface area contributed by atoms with Crippen LogP contribution in [0.1, 0.15) is 60.8 Å². The van der Waals surface area contributed by atoms with Crippen molar-refractivity contribution in [2.24, 2.45) is 29.6 Å². The van der Waals surface area contributed by atoms with Crippen LogP contribution in [-0.2, 0) is 68.0 Å². The molecule has 0 aromatic rings. The quantitative estimate of drug-likeness (QED) is 0.135. The third-order valence-corrected chi connectivity index (χ3v) is 10.7. The molecule has 4 rings (SSSR count). The van der Waals surface area contributed by atoms with Crippen LogP contribution in [0.15, 0.2) is 0 Å². The third kappa shape index (κ3) is 24.1. The number of hydrogen-bond acceptors (Lipinski definition) is 21. The molecule has 0 saturated carbocycles. The second-order valence-corrected chi connectivity index (χ2v) is 17.0. The Morgan fingerprint density at radius 3 is 1.58 bits per heavy atom. The zero-order valence-electron chi connectivity index (χ0n) is 32.0. The third-order valence-electron chi connectivity index (χ3n) is 9.28. The van der Waals surface area contributed by atoms with Gasteiger partial charge in [0.25, 0.3) is 0 Å². The summed E-state index contributed by atoms with van der Waals surface area (Å²) in [5.41, 5.74) is 0. The lowest BCUT2D eigenvalue weighted by Gasteiger charge is -2.37. The summed E-state index contributed by atoms with van der Waals surface area (Å²) in [5.74, 6) is -1.63. The van der Waals surface area contributed by atoms with Crippen LogP contribution in [0, 0.1) is 29.6 Å². The first-order valence-corrected chi connectivity index (χ1v) is 20.9. The second-order valence-electron chi connectivity index (χ2n) is 13.7. The number of ether oxygens (including phenoxy) is 4. The van der Waals surface area contributed by atoms with Crippen LogP contribution in [-0.4, -0.2) is 159 Å². The van der Waals surface area contributed by atoms with E-state index in [4.69, 9.17) is 18.9 Å². The van der Waals surface area contributed by atoms with Crippen molar-refractivity contribution >= 4 is 43.0 Å². The number of hydrogen-bond donors (Lipinski definition) is 3. The van der Waals surface area contributed by atoms with Gasteiger partial charge in [-0.25, -0.2) is 30.0 Å². The molecule has 0 amide bonds. The number of aliphatic hydroxyl groups excluding tert-OH is 2. The molecule has 4 heterocycles. The van der Waals surface area contributed by atoms with Crippen molar-refractivity contribution in [3.05, 3.63) is 0 Å². The monoisotopic (exact) mass is 898 g/mol. The van der Waals surface area contributed by atoms with Gasteiger partial charge in [0.15, 0.2) is 10.3 Å². The normalized spacial score (nSPS) is 34.0. The zero-order chi connectivity index (χ0) is 41.8. The molecule has 0 spiro atoms. The molecule has 4 aliphatic rings. The summed E-state index contributed by atoms with van der Waals surface area (Å²) >= 11 is 0. The Morgan fingerprint density at radius 1 is 0.667 bits per heavy atom. The SMILES string of the molecule is CC1CC(COS(=O)(=O)[O-])OCC1NS(=O)(=O)[O-].CC1COC(C(=O)[O-])C(O)C1C.CC1COC(C(=O)[O-])CC1C.CC1OC(COS(=O)(=O)[O-])CC1O.O.O.O. The lowest BCUT2D eigenvalue weighted by molar-refractivity contribution is -0.325. The molecule has 4 fully saturated rings. The van der Waals surface area contributed by atoms with Gasteiger partial charge in [0, 0.05) is 12.5 Å². The van der Waals surface area contributed by atoms with Gasteiger partial charge in [0.1, 0.15) is 6.10 Å². The van der Waals surface area contributed by atoms with Crippen LogP contribution in [0.2, 0.25) is 0 Å². The second kappa shape index (κ2) is 26.4. The largest absolute Gasteiger partial charge is 0.735 e. The van der Waals surface area contributed by atoms with E-state index in [2.05, 4.69) is 15.3 Å². The maximum atomic E-state index is 10.5. The van der Waals surface area contributed by atoms with E-state index in [0.717, 1.165) is 0 Å². The molecule has 13 unspecified atom stereocenters. The Balaban J connectivity index is -0.000000682. The summed E-state index contributed by atoms with van der Waals surface area (Å²) in [6, 6.07) is -0.674. The minimum Gasteiger partial charge on any atom is -0.735 e. The standard InChI is InChI=1S/C8H14O4.C8H14O3.C7H15NO8S2.C6H12O6S.3H2O/c1-4-3-12-7(8(10)11)6(9)5(4)2;1-5-3-7(8(9)10)11-4-6(5)2;1-5-2-6(3-16-18(12,13)14)15-4-7(5)8-17(9,10)11;1-4-6(7)2-5(12-4)3-11-13(8,9)10;;;/h4-7,9H,3H2,1-2H3,(H,10,11);5-7H,3-4H2,1-2H3,(H,9,10);5-8H,2-4H2,1H3,(H,9,10,11)(H,12,13,14);4-7H,2-3H2,1H3,(H,8,9,10);3*1H2/p-5. The first-order valence-electron chi connectivity index (χ1n) is 16.8. The highest BCUT2D eigenvalue weighted by Crippen LogP contribution is 2.26. The van der Waals surface area contributed by atoms with E-state index in [-0.39, 0.29) is 66.3 Å². The average molecular weight is 899 g/mol. The number of carboxylic acids is 2. The average Bonchev–Trinajstić information content (AvgIpc) is 3.36. The van der Waals surface area contributed by atoms with Gasteiger partial charge in [-0.15, -0.1) is 0 Å². The lowest BCUT2D eigenvalue weighted by atomic mass is 9.86. The van der Waals surface area contributed by atoms with E-state index >= 15 is 0 Å². The fraction of sp³-hybridized carbons (Fsp3) is 0.931. The van der Waals surface area contributed by atoms with E-state index in [9.17, 15) is 68.9 Å². The number of rotatable bonds is 10. The van der Waals surface area contributed by atoms with Crippen LogP contribution in [0.5, 0.6) is 0 Å². The number of carbonyl (C=O) groups is 2. The Morgan fingerprint density at radius 2 is 1.18 bits per heavy atom. The van der Waals surface area contributed by atoms with Crippen molar-refractivity contribution in [3.63, 3.8) is 0 Å². The summed E-state index contributed by atoms with van der Waals surface area (Å²) in [5, 5.41) is 39.4. The first kappa shape index (κ1) is 59.5. The number of aliphatic hydroxyl groups is 2. The van der Waals surface area contributed by atoms with E-state index in [1.807, 2.05) is 25.5 Å². The minimum absolute atomic E-state index is 0. The highest BCUT2D eigenvalue weighted by atomic mass is 32.3. The molecule has 4 aliphatic heterocycles. The van der Waals surface area contributed by atoms with Crippen LogP contribution in [0.4, 0.5) is 0 Å². The number of aliphatic carboxylic acids is 2. The fourth-order valence-corrected chi connectivity index (χ4v) is 6.71. The number of carboxylic acid groups (broad SMARTS) is 2. The molecule has 28 heteroatoms. The molecule has 13 atom stereocenters. The van der Waals surface area contributed by atoms with Crippen molar-refractivity contribution in [3.8, 4) is 0 Å². The van der Waals surface area contributed by atoms with E-state index in [1.165, 1.54) is 0 Å². The maximum Gasteiger partial charge on any atom is 0.217 e. The Bertz CT molecular complexity index is 1490. The van der Waals surface area contributed by atoms with Gasteiger partial charge in [-0.05, 0) is 49.4 Å². The van der Waals surface area contributed by atoms with Crippen molar-refractivity contribution in [2.75, 3.05) is 33.0 Å². The van der Waals surface area contributed by atoms with Crippen LogP contribution in [0.25, 0.3) is 0 Å². The summed E-state index contributed by atoms with van der Waals surface area (Å²) in [6.07, 6.45) is -3.75. The maximum absolute atomic E-state index is 10.5. The van der Waals surface area contributed by atoms with Crippen LogP contribution >= 0.6 is 0 Å². The van der Waals surface area contributed by atoms with E-state index in [1.54, 1.807) is 13.8 Å². The van der Waals surface area contributed by atoms with Crippen molar-refractivity contribution in [1.82, 2.24) is 4.72 Å². The number of carbonyl (C=O) groups excluding carboxylic acids is 2. The molecule has 25 nitrogen and oxygen atoms in total. The molecule has 0 radical (unpaired) electrons. The first-order chi connectivity index (χ1) is 24.6. The summed E-state index contributed by atoms with van der Waals surface area (Å²) < 4.78 is 123. The van der Waals surface area contributed by atoms with Crippen LogP contribution in [0.3, 0.4) is 0 Å². The molecule has 9 N–H and O–H groups in total. The van der Waals surface area contributed by atoms with Gasteiger partial charge >= 0.3 is 0 Å². The van der Waals surface area contributed by atoms with Gasteiger partial charge in [-0.2, -0.15) is 0 Å². The smallest absolute Gasteiger partial charge is 0.217 e. The van der Waals surface area contributed by atoms with Gasteiger partial charge in [-0.1, -0.05) is 34.6 Å². The van der Waals surface area contributed by atoms with E-state index in [0.29, 0.717) is 31.5 Å². The Labute approximate surface area is 332 Å². The summed E-state index contributed by atoms with van der Waals surface area (Å²) in [7, 11) is -14.0. The van der Waals surface area contributed by atoms with Crippen molar-refractivity contribution in [1.29, 1.82) is 0 Å². The Hall–Kier alpha value is -1.81. The van der Waals surface area contributed by atoms with Crippen LogP contribution < -0.4 is 14.9 Å². The minimum atomic E-state index is -4.77. The molecule has 4 saturated heterocycles. The van der Waals surface area contributed by atoms with Gasteiger partial charge < -0.3 is 79.0 Å². The fourth-order valence-electron chi connectivity index (χ4n) is 5.40. The van der Waals surface area contributed by atoms with E-state index < -0.39 is 92.3 Å². The summed E-state index contributed by atoms with van der Waals surface area (Å²) in [4.78, 5) is 20.8. The molecule has 0 aromatic heterocycles. The molecule has 0 aromatic carbocycles. The van der Waals surface area contributed by atoms with Crippen molar-refractivity contribution in [2.45, 2.75) is 110 Å². The van der Waals surface area contributed by atoms with Gasteiger partial charge in [0.05, 0.1) is 81.6 Å². The molecule has 344 valence electrons. The highest BCUT2D eigenvalue weighted by Gasteiger charge is 2.35. The topological polar surface area (TPSA) is 454 Å². The molecular weight excluding hydrogens is 843 g/mol. The highest BCUT2D eigenvalue weighted by molar-refractivity contribution is 7.83. The van der Waals surface area contributed by atoms with Gasteiger partial charge in [-0.3, -0.25) is 8.37 Å². The predicted octanol–water partition coefficient (Wildman–Crippen LogP) is -6.60.